The molecule has 1 N–H and O–H groups in total. The third-order valence-corrected chi connectivity index (χ3v) is 6.22. The van der Waals surface area contributed by atoms with Gasteiger partial charge in [-0.15, -0.1) is 0 Å². The summed E-state index contributed by atoms with van der Waals surface area (Å²) in [5.41, 5.74) is 0.899. The standard InChI is InChI=1S/C18H21Cl2NO3S/c1-12(2)11-14(13-7-5-4-6-8-13)21-25(22,23)16-10-9-15(24-3)17(19)18(16)20/h4-10,12,14,21H,11H2,1-3H3/t14-/m0/s1. The van der Waals surface area contributed by atoms with Gasteiger partial charge in [0.1, 0.15) is 15.7 Å². The van der Waals surface area contributed by atoms with Gasteiger partial charge in [0, 0.05) is 6.04 Å². The highest BCUT2D eigenvalue weighted by Gasteiger charge is 2.26. The molecule has 0 aromatic heterocycles. The summed E-state index contributed by atoms with van der Waals surface area (Å²) in [7, 11) is -2.41. The van der Waals surface area contributed by atoms with Crippen LogP contribution in [0, 0.1) is 5.92 Å². The van der Waals surface area contributed by atoms with E-state index in [1.807, 2.05) is 44.2 Å². The molecule has 136 valence electrons. The molecule has 2 aromatic rings. The Morgan fingerprint density at radius 1 is 1.04 bits per heavy atom. The molecule has 0 unspecified atom stereocenters. The first-order valence-corrected chi connectivity index (χ1v) is 10.1. The predicted molar refractivity (Wildman–Crippen MR) is 102 cm³/mol. The van der Waals surface area contributed by atoms with Gasteiger partial charge >= 0.3 is 0 Å². The van der Waals surface area contributed by atoms with Gasteiger partial charge < -0.3 is 4.74 Å². The molecule has 7 heteroatoms. The molecule has 0 saturated carbocycles. The molecule has 0 fully saturated rings. The molecule has 4 nitrogen and oxygen atoms in total. The van der Waals surface area contributed by atoms with Crippen LogP contribution >= 0.6 is 23.2 Å². The van der Waals surface area contributed by atoms with E-state index in [-0.39, 0.29) is 21.0 Å². The number of rotatable bonds is 7. The highest BCUT2D eigenvalue weighted by Crippen LogP contribution is 2.37. The Hall–Kier alpha value is -1.27. The fourth-order valence-electron chi connectivity index (χ4n) is 2.54. The largest absolute Gasteiger partial charge is 0.495 e. The van der Waals surface area contributed by atoms with Crippen molar-refractivity contribution in [1.29, 1.82) is 0 Å². The lowest BCUT2D eigenvalue weighted by atomic mass is 9.98. The molecule has 2 aromatic carbocycles. The van der Waals surface area contributed by atoms with Crippen LogP contribution in [0.15, 0.2) is 47.4 Å². The zero-order valence-electron chi connectivity index (χ0n) is 14.3. The number of halogens is 2. The summed E-state index contributed by atoms with van der Waals surface area (Å²) in [4.78, 5) is -0.0651. The Morgan fingerprint density at radius 2 is 1.68 bits per heavy atom. The molecule has 0 aliphatic rings. The fourth-order valence-corrected chi connectivity index (χ4v) is 4.62. The number of sulfonamides is 1. The van der Waals surface area contributed by atoms with E-state index in [4.69, 9.17) is 27.9 Å². The van der Waals surface area contributed by atoms with E-state index in [1.165, 1.54) is 19.2 Å². The molecule has 0 aliphatic carbocycles. The van der Waals surface area contributed by atoms with Crippen molar-refractivity contribution in [2.45, 2.75) is 31.2 Å². The van der Waals surface area contributed by atoms with Crippen molar-refractivity contribution in [3.8, 4) is 5.75 Å². The average Bonchev–Trinajstić information content (AvgIpc) is 2.56. The van der Waals surface area contributed by atoms with Gasteiger partial charge in [-0.05, 0) is 30.0 Å². The summed E-state index contributed by atoms with van der Waals surface area (Å²) in [6, 6.07) is 12.0. The first-order chi connectivity index (χ1) is 11.8. The molecule has 0 bridgehead atoms. The quantitative estimate of drug-likeness (QED) is 0.704. The third kappa shape index (κ3) is 4.88. The van der Waals surface area contributed by atoms with E-state index >= 15 is 0 Å². The minimum Gasteiger partial charge on any atom is -0.495 e. The zero-order chi connectivity index (χ0) is 18.6. The summed E-state index contributed by atoms with van der Waals surface area (Å²) in [6.07, 6.45) is 0.657. The molecule has 0 aliphatic heterocycles. The zero-order valence-corrected chi connectivity index (χ0v) is 16.6. The Balaban J connectivity index is 2.39. The van der Waals surface area contributed by atoms with Crippen LogP contribution in [0.5, 0.6) is 5.75 Å². The van der Waals surface area contributed by atoms with Gasteiger partial charge in [0.2, 0.25) is 10.0 Å². The summed E-state index contributed by atoms with van der Waals surface area (Å²) in [6.45, 7) is 4.09. The van der Waals surface area contributed by atoms with Gasteiger partial charge in [-0.25, -0.2) is 13.1 Å². The van der Waals surface area contributed by atoms with E-state index in [1.54, 1.807) is 0 Å². The molecule has 25 heavy (non-hydrogen) atoms. The van der Waals surface area contributed by atoms with E-state index in [9.17, 15) is 8.42 Å². The Bertz CT molecular complexity index is 824. The number of methoxy groups -OCH3 is 1. The van der Waals surface area contributed by atoms with Gasteiger partial charge in [0.15, 0.2) is 0 Å². The van der Waals surface area contributed by atoms with Crippen LogP contribution in [0.2, 0.25) is 10.0 Å². The van der Waals surface area contributed by atoms with Crippen LogP contribution in [0.1, 0.15) is 31.9 Å². The van der Waals surface area contributed by atoms with Gasteiger partial charge in [-0.1, -0.05) is 67.4 Å². The summed E-state index contributed by atoms with van der Waals surface area (Å²) in [5, 5.41) is 0.0250. The minimum atomic E-state index is -3.85. The van der Waals surface area contributed by atoms with Gasteiger partial charge in [-0.2, -0.15) is 0 Å². The average molecular weight is 402 g/mol. The smallest absolute Gasteiger partial charge is 0.242 e. The van der Waals surface area contributed by atoms with Crippen LogP contribution in [0.4, 0.5) is 0 Å². The maximum atomic E-state index is 12.9. The fraction of sp³-hybridized carbons (Fsp3) is 0.333. The number of hydrogen-bond donors (Lipinski definition) is 1. The molecule has 0 heterocycles. The molecule has 0 radical (unpaired) electrons. The summed E-state index contributed by atoms with van der Waals surface area (Å²) >= 11 is 12.3. The lowest BCUT2D eigenvalue weighted by Crippen LogP contribution is -2.30. The van der Waals surface area contributed by atoms with Crippen molar-refractivity contribution in [1.82, 2.24) is 4.72 Å². The van der Waals surface area contributed by atoms with E-state index in [0.717, 1.165) is 5.56 Å². The summed E-state index contributed by atoms with van der Waals surface area (Å²) in [5.74, 6) is 0.634. The van der Waals surface area contributed by atoms with E-state index in [2.05, 4.69) is 4.72 Å². The second kappa shape index (κ2) is 8.41. The number of nitrogens with one attached hydrogen (secondary N) is 1. The van der Waals surface area contributed by atoms with Crippen molar-refractivity contribution in [2.75, 3.05) is 7.11 Å². The predicted octanol–water partition coefficient (Wildman–Crippen LogP) is 5.07. The minimum absolute atomic E-state index is 0.0510. The third-order valence-electron chi connectivity index (χ3n) is 3.73. The maximum absolute atomic E-state index is 12.9. The topological polar surface area (TPSA) is 55.4 Å². The van der Waals surface area contributed by atoms with Crippen molar-refractivity contribution in [3.05, 3.63) is 58.1 Å². The van der Waals surface area contributed by atoms with E-state index in [0.29, 0.717) is 18.1 Å². The molecular formula is C18H21Cl2NO3S. The number of ether oxygens (including phenoxy) is 1. The lowest BCUT2D eigenvalue weighted by molar-refractivity contribution is 0.414. The molecule has 0 spiro atoms. The number of hydrogen-bond acceptors (Lipinski definition) is 3. The SMILES string of the molecule is COc1ccc(S(=O)(=O)N[C@@H](CC(C)C)c2ccccc2)c(Cl)c1Cl. The van der Waals surface area contributed by atoms with Crippen LogP contribution in [0.3, 0.4) is 0 Å². The van der Waals surface area contributed by atoms with Crippen LogP contribution in [-0.4, -0.2) is 15.5 Å². The first-order valence-electron chi connectivity index (χ1n) is 7.85. The van der Waals surface area contributed by atoms with Gasteiger partial charge in [0.05, 0.1) is 12.1 Å². The Kier molecular flexibility index (Phi) is 6.74. The lowest BCUT2D eigenvalue weighted by Gasteiger charge is -2.22. The molecule has 0 saturated heterocycles. The molecule has 1 atom stereocenters. The summed E-state index contributed by atoms with van der Waals surface area (Å²) < 4.78 is 33.6. The normalized spacial score (nSPS) is 13.0. The van der Waals surface area contributed by atoms with Crippen LogP contribution in [-0.2, 0) is 10.0 Å². The highest BCUT2D eigenvalue weighted by atomic mass is 35.5. The molecule has 0 amide bonds. The highest BCUT2D eigenvalue weighted by molar-refractivity contribution is 7.89. The second-order valence-electron chi connectivity index (χ2n) is 6.11. The van der Waals surface area contributed by atoms with Crippen molar-refractivity contribution in [2.24, 2.45) is 5.92 Å². The second-order valence-corrected chi connectivity index (χ2v) is 8.55. The van der Waals surface area contributed by atoms with E-state index < -0.39 is 10.0 Å². The van der Waals surface area contributed by atoms with Crippen LogP contribution < -0.4 is 9.46 Å². The number of benzene rings is 2. The van der Waals surface area contributed by atoms with Gasteiger partial charge in [0.25, 0.3) is 0 Å². The maximum Gasteiger partial charge on any atom is 0.242 e. The molecule has 2 rings (SSSR count). The van der Waals surface area contributed by atoms with Crippen molar-refractivity contribution >= 4 is 33.2 Å². The Morgan fingerprint density at radius 3 is 2.24 bits per heavy atom. The van der Waals surface area contributed by atoms with Gasteiger partial charge in [-0.3, -0.25) is 0 Å². The Labute approximate surface area is 159 Å². The van der Waals surface area contributed by atoms with Crippen molar-refractivity contribution in [3.63, 3.8) is 0 Å². The monoisotopic (exact) mass is 401 g/mol. The van der Waals surface area contributed by atoms with Crippen LogP contribution in [0.25, 0.3) is 0 Å². The van der Waals surface area contributed by atoms with Crippen molar-refractivity contribution < 1.29 is 13.2 Å². The first kappa shape index (κ1) is 20.0. The molecular weight excluding hydrogens is 381 g/mol.